The summed E-state index contributed by atoms with van der Waals surface area (Å²) in [4.78, 5) is 28.2. The molecule has 2 aromatic rings. The monoisotopic (exact) mass is 429 g/mol. The molecule has 5 rings (SSSR count). The summed E-state index contributed by atoms with van der Waals surface area (Å²) in [6, 6.07) is 6.31. The molecule has 9 heteroatoms. The van der Waals surface area contributed by atoms with E-state index in [1.54, 1.807) is 6.33 Å². The van der Waals surface area contributed by atoms with Crippen LogP contribution >= 0.6 is 0 Å². The SMILES string of the molecule is O=C(C1CCS(=O)(=O)C1)N1CCN(c2ccc3ncnc(N4CCCC4)c3c2)CC1. The van der Waals surface area contributed by atoms with E-state index in [1.165, 1.54) is 12.8 Å². The number of piperazine rings is 1. The molecule has 3 fully saturated rings. The highest BCUT2D eigenvalue weighted by molar-refractivity contribution is 7.91. The number of aromatic nitrogens is 2. The van der Waals surface area contributed by atoms with Crippen LogP contribution in [0.4, 0.5) is 11.5 Å². The van der Waals surface area contributed by atoms with Crippen molar-refractivity contribution in [3.05, 3.63) is 24.5 Å². The smallest absolute Gasteiger partial charge is 0.226 e. The number of hydrogen-bond acceptors (Lipinski definition) is 7. The first kappa shape index (κ1) is 19.5. The van der Waals surface area contributed by atoms with Gasteiger partial charge in [-0.1, -0.05) is 0 Å². The summed E-state index contributed by atoms with van der Waals surface area (Å²) < 4.78 is 23.4. The van der Waals surface area contributed by atoms with E-state index in [0.29, 0.717) is 19.5 Å². The number of anilines is 2. The Kier molecular flexibility index (Phi) is 5.00. The third-order valence-corrected chi connectivity index (χ3v) is 8.31. The fourth-order valence-corrected chi connectivity index (χ4v) is 6.57. The molecule has 4 heterocycles. The molecular weight excluding hydrogens is 402 g/mol. The van der Waals surface area contributed by atoms with Crippen LogP contribution in [0.2, 0.25) is 0 Å². The number of amides is 1. The zero-order valence-electron chi connectivity index (χ0n) is 17.0. The van der Waals surface area contributed by atoms with Gasteiger partial charge in [0, 0.05) is 50.3 Å². The summed E-state index contributed by atoms with van der Waals surface area (Å²) in [6.07, 6.45) is 4.50. The fourth-order valence-electron chi connectivity index (χ4n) is 4.84. The van der Waals surface area contributed by atoms with Crippen LogP contribution in [0.25, 0.3) is 10.9 Å². The number of sulfone groups is 1. The van der Waals surface area contributed by atoms with Gasteiger partial charge in [-0.15, -0.1) is 0 Å². The Bertz CT molecular complexity index is 1060. The van der Waals surface area contributed by atoms with Crippen LogP contribution in [0.5, 0.6) is 0 Å². The van der Waals surface area contributed by atoms with Crippen LogP contribution in [0.15, 0.2) is 24.5 Å². The maximum absolute atomic E-state index is 12.7. The second-order valence-electron chi connectivity index (χ2n) is 8.51. The Morgan fingerprint density at radius 2 is 1.73 bits per heavy atom. The quantitative estimate of drug-likeness (QED) is 0.727. The lowest BCUT2D eigenvalue weighted by molar-refractivity contribution is -0.135. The number of carbonyl (C=O) groups is 1. The Morgan fingerprint density at radius 1 is 0.967 bits per heavy atom. The Hall–Kier alpha value is -2.42. The van der Waals surface area contributed by atoms with Gasteiger partial charge in [0.2, 0.25) is 5.91 Å². The molecule has 8 nitrogen and oxygen atoms in total. The zero-order chi connectivity index (χ0) is 20.7. The Balaban J connectivity index is 1.30. The molecule has 0 spiro atoms. The molecule has 0 radical (unpaired) electrons. The predicted molar refractivity (Wildman–Crippen MR) is 117 cm³/mol. The molecule has 1 atom stereocenters. The molecule has 1 unspecified atom stereocenters. The van der Waals surface area contributed by atoms with Gasteiger partial charge in [-0.3, -0.25) is 4.79 Å². The van der Waals surface area contributed by atoms with Crippen molar-refractivity contribution in [1.29, 1.82) is 0 Å². The standard InChI is InChI=1S/C21H27N5O3S/c27-21(16-5-12-30(28,29)14-16)26-10-8-24(9-11-26)17-3-4-19-18(13-17)20(23-15-22-19)25-6-1-2-7-25/h3-4,13,15-16H,1-2,5-12,14H2. The van der Waals surface area contributed by atoms with Crippen LogP contribution in [-0.2, 0) is 14.6 Å². The van der Waals surface area contributed by atoms with Crippen molar-refractivity contribution in [3.63, 3.8) is 0 Å². The van der Waals surface area contributed by atoms with E-state index >= 15 is 0 Å². The van der Waals surface area contributed by atoms with Crippen molar-refractivity contribution in [3.8, 4) is 0 Å². The molecule has 3 aliphatic rings. The predicted octanol–water partition coefficient (Wildman–Crippen LogP) is 1.31. The van der Waals surface area contributed by atoms with Gasteiger partial charge in [-0.05, 0) is 37.5 Å². The van der Waals surface area contributed by atoms with Crippen molar-refractivity contribution in [2.24, 2.45) is 5.92 Å². The molecule has 0 aliphatic carbocycles. The summed E-state index contributed by atoms with van der Waals surface area (Å²) >= 11 is 0. The molecule has 1 amide bonds. The molecule has 3 saturated heterocycles. The number of fused-ring (bicyclic) bond motifs is 1. The molecule has 0 N–H and O–H groups in total. The third kappa shape index (κ3) is 3.71. The van der Waals surface area contributed by atoms with E-state index in [0.717, 1.165) is 48.6 Å². The second kappa shape index (κ2) is 7.68. The summed E-state index contributed by atoms with van der Waals surface area (Å²) in [5.41, 5.74) is 2.07. The van der Waals surface area contributed by atoms with Gasteiger partial charge in [0.05, 0.1) is 22.9 Å². The Labute approximate surface area is 176 Å². The van der Waals surface area contributed by atoms with Crippen molar-refractivity contribution in [2.45, 2.75) is 19.3 Å². The van der Waals surface area contributed by atoms with Gasteiger partial charge >= 0.3 is 0 Å². The summed E-state index contributed by atoms with van der Waals surface area (Å²) in [5.74, 6) is 0.801. The van der Waals surface area contributed by atoms with E-state index in [4.69, 9.17) is 0 Å². The number of hydrogen-bond donors (Lipinski definition) is 0. The second-order valence-corrected chi connectivity index (χ2v) is 10.7. The van der Waals surface area contributed by atoms with Crippen LogP contribution in [-0.4, -0.2) is 80.0 Å². The average Bonchev–Trinajstić information content (AvgIpc) is 3.42. The summed E-state index contributed by atoms with van der Waals surface area (Å²) in [6.45, 7) is 4.80. The van der Waals surface area contributed by atoms with Crippen LogP contribution in [0.1, 0.15) is 19.3 Å². The topological polar surface area (TPSA) is 86.7 Å². The lowest BCUT2D eigenvalue weighted by atomic mass is 10.1. The largest absolute Gasteiger partial charge is 0.368 e. The van der Waals surface area contributed by atoms with Gasteiger partial charge in [0.1, 0.15) is 12.1 Å². The minimum Gasteiger partial charge on any atom is -0.368 e. The van der Waals surface area contributed by atoms with Crippen LogP contribution in [0.3, 0.4) is 0 Å². The normalized spacial score (nSPS) is 24.0. The molecule has 1 aromatic heterocycles. The first-order chi connectivity index (χ1) is 14.5. The van der Waals surface area contributed by atoms with E-state index in [2.05, 4.69) is 31.9 Å². The van der Waals surface area contributed by atoms with E-state index in [9.17, 15) is 13.2 Å². The number of nitrogens with zero attached hydrogens (tertiary/aromatic N) is 5. The highest BCUT2D eigenvalue weighted by Gasteiger charge is 2.36. The van der Waals surface area contributed by atoms with Gasteiger partial charge in [0.15, 0.2) is 9.84 Å². The highest BCUT2D eigenvalue weighted by Crippen LogP contribution is 2.30. The molecule has 1 aromatic carbocycles. The van der Waals surface area contributed by atoms with E-state index in [-0.39, 0.29) is 23.3 Å². The first-order valence-corrected chi connectivity index (χ1v) is 12.6. The number of carbonyl (C=O) groups excluding carboxylic acids is 1. The first-order valence-electron chi connectivity index (χ1n) is 10.7. The zero-order valence-corrected chi connectivity index (χ0v) is 17.9. The minimum absolute atomic E-state index is 0.000967. The van der Waals surface area contributed by atoms with Crippen molar-refractivity contribution in [1.82, 2.24) is 14.9 Å². The van der Waals surface area contributed by atoms with Crippen molar-refractivity contribution < 1.29 is 13.2 Å². The average molecular weight is 430 g/mol. The molecule has 30 heavy (non-hydrogen) atoms. The number of rotatable bonds is 3. The minimum atomic E-state index is -3.04. The van der Waals surface area contributed by atoms with Crippen LogP contribution < -0.4 is 9.80 Å². The van der Waals surface area contributed by atoms with Gasteiger partial charge in [-0.2, -0.15) is 0 Å². The summed E-state index contributed by atoms with van der Waals surface area (Å²) in [7, 11) is -3.04. The van der Waals surface area contributed by atoms with Crippen LogP contribution in [0, 0.1) is 5.92 Å². The van der Waals surface area contributed by atoms with Crippen molar-refractivity contribution in [2.75, 3.05) is 60.6 Å². The maximum Gasteiger partial charge on any atom is 0.226 e. The highest BCUT2D eigenvalue weighted by atomic mass is 32.2. The molecule has 160 valence electrons. The Morgan fingerprint density at radius 3 is 2.43 bits per heavy atom. The van der Waals surface area contributed by atoms with E-state index < -0.39 is 9.84 Å². The number of benzene rings is 1. The van der Waals surface area contributed by atoms with Crippen molar-refractivity contribution >= 4 is 38.2 Å². The van der Waals surface area contributed by atoms with Gasteiger partial charge in [0.25, 0.3) is 0 Å². The van der Waals surface area contributed by atoms with Gasteiger partial charge in [-0.25, -0.2) is 18.4 Å². The third-order valence-electron chi connectivity index (χ3n) is 6.54. The lowest BCUT2D eigenvalue weighted by Crippen LogP contribution is -2.50. The summed E-state index contributed by atoms with van der Waals surface area (Å²) in [5, 5.41) is 1.08. The lowest BCUT2D eigenvalue weighted by Gasteiger charge is -2.37. The molecular formula is C21H27N5O3S. The molecule has 0 saturated carbocycles. The van der Waals surface area contributed by atoms with Gasteiger partial charge < -0.3 is 14.7 Å². The fraction of sp³-hybridized carbons (Fsp3) is 0.571. The van der Waals surface area contributed by atoms with E-state index in [1.807, 2.05) is 11.0 Å². The molecule has 0 bridgehead atoms. The molecule has 3 aliphatic heterocycles. The maximum atomic E-state index is 12.7.